The third kappa shape index (κ3) is 5.26. The second-order valence-electron chi connectivity index (χ2n) is 8.90. The predicted molar refractivity (Wildman–Crippen MR) is 117 cm³/mol. The van der Waals surface area contributed by atoms with Gasteiger partial charge in [-0.15, -0.1) is 0 Å². The molecule has 0 bridgehead atoms. The van der Waals surface area contributed by atoms with Gasteiger partial charge in [-0.2, -0.15) is 0 Å². The van der Waals surface area contributed by atoms with E-state index in [0.29, 0.717) is 29.9 Å². The zero-order valence-corrected chi connectivity index (χ0v) is 19.2. The van der Waals surface area contributed by atoms with Crippen molar-refractivity contribution < 1.29 is 21.9 Å². The summed E-state index contributed by atoms with van der Waals surface area (Å²) in [6, 6.07) is 2.07. The van der Waals surface area contributed by atoms with Gasteiger partial charge in [-0.25, -0.2) is 27.2 Å². The molecule has 2 aliphatic rings. The Balaban J connectivity index is 1.22. The number of nitrogens with zero attached hydrogens (tertiary/aromatic N) is 3. The first-order valence-corrected chi connectivity index (χ1v) is 13.0. The number of benzene rings is 1. The average Bonchev–Trinajstić information content (AvgIpc) is 3.52. The maximum absolute atomic E-state index is 14.0. The summed E-state index contributed by atoms with van der Waals surface area (Å²) in [6.45, 7) is 4.59. The summed E-state index contributed by atoms with van der Waals surface area (Å²) >= 11 is 0. The van der Waals surface area contributed by atoms with Crippen molar-refractivity contribution in [3.05, 3.63) is 47.3 Å². The number of ether oxygens (including phenoxy) is 1. The van der Waals surface area contributed by atoms with Crippen LogP contribution in [0.1, 0.15) is 37.3 Å². The van der Waals surface area contributed by atoms with Crippen LogP contribution in [0.25, 0.3) is 0 Å². The zero-order valence-electron chi connectivity index (χ0n) is 18.4. The van der Waals surface area contributed by atoms with Gasteiger partial charge in [0, 0.05) is 31.7 Å². The van der Waals surface area contributed by atoms with E-state index in [1.54, 1.807) is 0 Å². The van der Waals surface area contributed by atoms with Crippen molar-refractivity contribution in [3.63, 3.8) is 0 Å². The van der Waals surface area contributed by atoms with E-state index in [1.165, 1.54) is 0 Å². The van der Waals surface area contributed by atoms with Gasteiger partial charge in [-0.3, -0.25) is 0 Å². The summed E-state index contributed by atoms with van der Waals surface area (Å²) in [4.78, 5) is 10.3. The summed E-state index contributed by atoms with van der Waals surface area (Å²) in [5.41, 5.74) is 1.44. The smallest absolute Gasteiger partial charge is 0.225 e. The standard InChI is InChI=1S/C23H29F2N3O3S/c1-3-15-11-26-23(27-12-15)28-6-4-17(5-7-28)19-10-18(19)14-31-13-16-8-20(24)22(21(25)9-16)32(2,29)30/h8-9,11-12,17-19H,3-7,10,13-14H2,1-2H3/t18-,19+/m0/s1. The number of aromatic nitrogens is 2. The van der Waals surface area contributed by atoms with Crippen LogP contribution in [0.2, 0.25) is 0 Å². The molecular formula is C23H29F2N3O3S. The number of aryl methyl sites for hydroxylation is 1. The minimum absolute atomic E-state index is 0.0602. The van der Waals surface area contributed by atoms with Crippen LogP contribution >= 0.6 is 0 Å². The van der Waals surface area contributed by atoms with Gasteiger partial charge in [0.2, 0.25) is 5.95 Å². The van der Waals surface area contributed by atoms with Crippen molar-refractivity contribution in [2.75, 3.05) is 30.9 Å². The Hall–Kier alpha value is -2.13. The molecule has 1 aliphatic heterocycles. The third-order valence-electron chi connectivity index (χ3n) is 6.53. The van der Waals surface area contributed by atoms with Crippen LogP contribution in [0.15, 0.2) is 29.4 Å². The van der Waals surface area contributed by atoms with E-state index >= 15 is 0 Å². The molecule has 2 heterocycles. The minimum Gasteiger partial charge on any atom is -0.376 e. The Labute approximate surface area is 187 Å². The summed E-state index contributed by atoms with van der Waals surface area (Å²) in [5, 5.41) is 0. The molecule has 0 amide bonds. The van der Waals surface area contributed by atoms with Gasteiger partial charge >= 0.3 is 0 Å². The van der Waals surface area contributed by atoms with Crippen LogP contribution in [0.4, 0.5) is 14.7 Å². The first kappa shape index (κ1) is 23.0. The molecule has 4 rings (SSSR count). The average molecular weight is 466 g/mol. The Kier molecular flexibility index (Phi) is 6.76. The summed E-state index contributed by atoms with van der Waals surface area (Å²) in [7, 11) is -3.95. The minimum atomic E-state index is -3.95. The van der Waals surface area contributed by atoms with Gasteiger partial charge in [0.1, 0.15) is 16.5 Å². The maximum Gasteiger partial charge on any atom is 0.225 e. The molecular weight excluding hydrogens is 436 g/mol. The number of hydrogen-bond acceptors (Lipinski definition) is 6. The highest BCUT2D eigenvalue weighted by Crippen LogP contribution is 2.48. The second-order valence-corrected chi connectivity index (χ2v) is 10.9. The molecule has 174 valence electrons. The largest absolute Gasteiger partial charge is 0.376 e. The lowest BCUT2D eigenvalue weighted by Gasteiger charge is -2.32. The highest BCUT2D eigenvalue weighted by molar-refractivity contribution is 7.90. The molecule has 0 spiro atoms. The van der Waals surface area contributed by atoms with Crippen molar-refractivity contribution >= 4 is 15.8 Å². The lowest BCUT2D eigenvalue weighted by molar-refractivity contribution is 0.103. The van der Waals surface area contributed by atoms with Crippen LogP contribution in [-0.4, -0.2) is 44.3 Å². The van der Waals surface area contributed by atoms with Crippen molar-refractivity contribution in [1.82, 2.24) is 9.97 Å². The van der Waals surface area contributed by atoms with E-state index in [0.717, 1.165) is 68.7 Å². The molecule has 1 aromatic carbocycles. The summed E-state index contributed by atoms with van der Waals surface area (Å²) < 4.78 is 56.7. The van der Waals surface area contributed by atoms with Crippen LogP contribution in [-0.2, 0) is 27.6 Å². The predicted octanol–water partition coefficient (Wildman–Crippen LogP) is 3.79. The molecule has 2 aromatic rings. The highest BCUT2D eigenvalue weighted by atomic mass is 32.2. The number of piperidine rings is 1. The molecule has 0 unspecified atom stereocenters. The first-order valence-electron chi connectivity index (χ1n) is 11.1. The molecule has 6 nitrogen and oxygen atoms in total. The fourth-order valence-electron chi connectivity index (χ4n) is 4.64. The van der Waals surface area contributed by atoms with E-state index in [2.05, 4.69) is 21.8 Å². The van der Waals surface area contributed by atoms with Crippen LogP contribution < -0.4 is 4.90 Å². The molecule has 1 aliphatic carbocycles. The Morgan fingerprint density at radius 3 is 2.28 bits per heavy atom. The number of sulfone groups is 1. The number of halogens is 2. The number of rotatable bonds is 8. The van der Waals surface area contributed by atoms with Crippen molar-refractivity contribution in [2.45, 2.75) is 44.1 Å². The molecule has 0 radical (unpaired) electrons. The molecule has 32 heavy (non-hydrogen) atoms. The van der Waals surface area contributed by atoms with Crippen LogP contribution in [0.5, 0.6) is 0 Å². The first-order chi connectivity index (χ1) is 15.3. The van der Waals surface area contributed by atoms with Gasteiger partial charge < -0.3 is 9.64 Å². The molecule has 2 atom stereocenters. The quantitative estimate of drug-likeness (QED) is 0.591. The summed E-state index contributed by atoms with van der Waals surface area (Å²) in [5.74, 6) is 0.403. The van der Waals surface area contributed by atoms with E-state index in [9.17, 15) is 17.2 Å². The van der Waals surface area contributed by atoms with E-state index < -0.39 is 26.4 Å². The molecule has 1 saturated carbocycles. The number of anilines is 1. The van der Waals surface area contributed by atoms with Crippen molar-refractivity contribution in [1.29, 1.82) is 0 Å². The fourth-order valence-corrected chi connectivity index (χ4v) is 5.47. The van der Waals surface area contributed by atoms with Crippen LogP contribution in [0.3, 0.4) is 0 Å². The van der Waals surface area contributed by atoms with Gasteiger partial charge in [-0.1, -0.05) is 6.92 Å². The molecule has 1 aromatic heterocycles. The zero-order chi connectivity index (χ0) is 22.9. The SMILES string of the molecule is CCc1cnc(N2CCC([C@H]3C[C@H]3COCc3cc(F)c(S(C)(=O)=O)c(F)c3)CC2)nc1. The van der Waals surface area contributed by atoms with Gasteiger partial charge in [0.15, 0.2) is 9.84 Å². The second kappa shape index (κ2) is 9.39. The lowest BCUT2D eigenvalue weighted by atomic mass is 9.91. The molecule has 9 heteroatoms. The normalized spacial score (nSPS) is 21.7. The van der Waals surface area contributed by atoms with Gasteiger partial charge in [-0.05, 0) is 66.7 Å². The topological polar surface area (TPSA) is 72.4 Å². The van der Waals surface area contributed by atoms with E-state index in [4.69, 9.17) is 4.74 Å². The van der Waals surface area contributed by atoms with Crippen LogP contribution in [0, 0.1) is 29.4 Å². The fraction of sp³-hybridized carbons (Fsp3) is 0.565. The van der Waals surface area contributed by atoms with E-state index in [-0.39, 0.29) is 6.61 Å². The molecule has 0 N–H and O–H groups in total. The maximum atomic E-state index is 14.0. The Bertz CT molecular complexity index is 1030. The third-order valence-corrected chi connectivity index (χ3v) is 7.67. The molecule has 2 fully saturated rings. The lowest BCUT2D eigenvalue weighted by Crippen LogP contribution is -2.35. The number of hydrogen-bond donors (Lipinski definition) is 0. The Morgan fingerprint density at radius 1 is 1.09 bits per heavy atom. The summed E-state index contributed by atoms with van der Waals surface area (Å²) in [6.07, 6.45) is 8.83. The van der Waals surface area contributed by atoms with Gasteiger partial charge in [0.25, 0.3) is 0 Å². The van der Waals surface area contributed by atoms with Gasteiger partial charge in [0.05, 0.1) is 13.2 Å². The van der Waals surface area contributed by atoms with E-state index in [1.807, 2.05) is 12.4 Å². The monoisotopic (exact) mass is 465 g/mol. The molecule has 1 saturated heterocycles. The van der Waals surface area contributed by atoms with Crippen molar-refractivity contribution in [2.24, 2.45) is 17.8 Å². The van der Waals surface area contributed by atoms with Crippen molar-refractivity contribution in [3.8, 4) is 0 Å². The Morgan fingerprint density at radius 2 is 1.72 bits per heavy atom. The highest BCUT2D eigenvalue weighted by Gasteiger charge is 2.43.